The fourth-order valence-corrected chi connectivity index (χ4v) is 1.52. The molecule has 0 aliphatic rings. The molecule has 3 nitrogen and oxygen atoms in total. The minimum absolute atomic E-state index is 0.00852. The number of aryl methyl sites for hydroxylation is 1. The van der Waals surface area contributed by atoms with Gasteiger partial charge in [0.25, 0.3) is 0 Å². The van der Waals surface area contributed by atoms with Crippen molar-refractivity contribution in [2.45, 2.75) is 39.2 Å². The molecule has 0 spiro atoms. The Labute approximate surface area is 91.1 Å². The quantitative estimate of drug-likeness (QED) is 0.755. The van der Waals surface area contributed by atoms with Gasteiger partial charge in [-0.15, -0.1) is 0 Å². The summed E-state index contributed by atoms with van der Waals surface area (Å²) in [6.07, 6.45) is 3.18. The smallest absolute Gasteiger partial charge is 0.132 e. The molecule has 3 heteroatoms. The molecule has 0 aromatic carbocycles. The van der Waals surface area contributed by atoms with Crippen molar-refractivity contribution >= 4 is 0 Å². The predicted molar refractivity (Wildman–Crippen MR) is 58.7 cm³/mol. The highest BCUT2D eigenvalue weighted by atomic mass is 16.5. The summed E-state index contributed by atoms with van der Waals surface area (Å²) < 4.78 is 11.1. The van der Waals surface area contributed by atoms with Crippen LogP contribution in [0.2, 0.25) is 0 Å². The zero-order valence-electron chi connectivity index (χ0n) is 9.53. The van der Waals surface area contributed by atoms with Gasteiger partial charge in [0.2, 0.25) is 0 Å². The molecule has 1 atom stereocenters. The Morgan fingerprint density at radius 1 is 1.47 bits per heavy atom. The summed E-state index contributed by atoms with van der Waals surface area (Å²) in [7, 11) is 0. The Bertz CT molecular complexity index is 260. The van der Waals surface area contributed by atoms with Crippen LogP contribution in [0.3, 0.4) is 0 Å². The fraction of sp³-hybridized carbons (Fsp3) is 0.667. The fourth-order valence-electron chi connectivity index (χ4n) is 1.52. The largest absolute Gasteiger partial charge is 0.464 e. The molecule has 86 valence electrons. The van der Waals surface area contributed by atoms with Crippen LogP contribution in [-0.4, -0.2) is 18.3 Å². The average molecular weight is 212 g/mol. The number of rotatable bonds is 7. The van der Waals surface area contributed by atoms with E-state index in [-0.39, 0.29) is 12.7 Å². The second-order valence-electron chi connectivity index (χ2n) is 3.67. The first-order chi connectivity index (χ1) is 7.27. The number of aliphatic hydroxyl groups is 1. The molecule has 0 aliphatic heterocycles. The summed E-state index contributed by atoms with van der Waals surface area (Å²) in [5.41, 5.74) is 0. The summed E-state index contributed by atoms with van der Waals surface area (Å²) in [6.45, 7) is 4.50. The van der Waals surface area contributed by atoms with Crippen LogP contribution >= 0.6 is 0 Å². The van der Waals surface area contributed by atoms with Crippen LogP contribution in [0, 0.1) is 6.92 Å². The van der Waals surface area contributed by atoms with Crippen molar-refractivity contribution in [1.29, 1.82) is 0 Å². The zero-order chi connectivity index (χ0) is 11.1. The van der Waals surface area contributed by atoms with Crippen LogP contribution in [0.5, 0.6) is 0 Å². The number of ether oxygens (including phenoxy) is 1. The second-order valence-corrected chi connectivity index (χ2v) is 3.67. The van der Waals surface area contributed by atoms with E-state index in [9.17, 15) is 0 Å². The summed E-state index contributed by atoms with van der Waals surface area (Å²) in [5, 5.41) is 8.74. The Morgan fingerprint density at radius 3 is 2.80 bits per heavy atom. The van der Waals surface area contributed by atoms with Gasteiger partial charge >= 0.3 is 0 Å². The van der Waals surface area contributed by atoms with E-state index < -0.39 is 0 Å². The van der Waals surface area contributed by atoms with Crippen molar-refractivity contribution in [2.75, 3.05) is 13.2 Å². The first kappa shape index (κ1) is 12.3. The van der Waals surface area contributed by atoms with Gasteiger partial charge in [0.05, 0.1) is 13.2 Å². The van der Waals surface area contributed by atoms with Crippen LogP contribution in [0.1, 0.15) is 43.8 Å². The molecule has 0 saturated heterocycles. The number of unbranched alkanes of at least 4 members (excludes halogenated alkanes) is 1. The van der Waals surface area contributed by atoms with E-state index in [2.05, 4.69) is 6.92 Å². The van der Waals surface area contributed by atoms with Crippen LogP contribution in [-0.2, 0) is 4.74 Å². The van der Waals surface area contributed by atoms with Crippen molar-refractivity contribution in [2.24, 2.45) is 0 Å². The molecule has 1 unspecified atom stereocenters. The first-order valence-electron chi connectivity index (χ1n) is 5.56. The molecular formula is C12H20O3. The van der Waals surface area contributed by atoms with Gasteiger partial charge in [-0.1, -0.05) is 19.8 Å². The molecule has 0 radical (unpaired) electrons. The van der Waals surface area contributed by atoms with Gasteiger partial charge in [0.1, 0.15) is 17.6 Å². The summed E-state index contributed by atoms with van der Waals surface area (Å²) in [6, 6.07) is 3.89. The Hall–Kier alpha value is -0.800. The lowest BCUT2D eigenvalue weighted by atomic mass is 10.1. The van der Waals surface area contributed by atoms with Gasteiger partial charge < -0.3 is 14.3 Å². The van der Waals surface area contributed by atoms with Crippen LogP contribution in [0.15, 0.2) is 16.5 Å². The normalized spacial score (nSPS) is 13.0. The van der Waals surface area contributed by atoms with E-state index >= 15 is 0 Å². The lowest BCUT2D eigenvalue weighted by molar-refractivity contribution is 0.00956. The maximum absolute atomic E-state index is 8.74. The van der Waals surface area contributed by atoms with E-state index in [1.54, 1.807) is 0 Å². The average Bonchev–Trinajstić information content (AvgIpc) is 2.65. The van der Waals surface area contributed by atoms with Crippen molar-refractivity contribution in [3.05, 3.63) is 23.7 Å². The zero-order valence-corrected chi connectivity index (χ0v) is 9.53. The molecule has 1 aromatic rings. The van der Waals surface area contributed by atoms with Crippen molar-refractivity contribution < 1.29 is 14.3 Å². The Morgan fingerprint density at radius 2 is 2.27 bits per heavy atom. The van der Waals surface area contributed by atoms with Crippen molar-refractivity contribution in [1.82, 2.24) is 0 Å². The molecule has 1 aromatic heterocycles. The summed E-state index contributed by atoms with van der Waals surface area (Å²) in [5.74, 6) is 1.77. The summed E-state index contributed by atoms with van der Waals surface area (Å²) in [4.78, 5) is 0. The first-order valence-corrected chi connectivity index (χ1v) is 5.56. The predicted octanol–water partition coefficient (Wildman–Crippen LogP) is 2.83. The highest BCUT2D eigenvalue weighted by Crippen LogP contribution is 2.25. The lowest BCUT2D eigenvalue weighted by Gasteiger charge is -2.14. The molecular weight excluding hydrogens is 192 g/mol. The van der Waals surface area contributed by atoms with E-state index in [0.29, 0.717) is 6.61 Å². The third-order valence-electron chi connectivity index (χ3n) is 2.31. The minimum Gasteiger partial charge on any atom is -0.464 e. The van der Waals surface area contributed by atoms with Gasteiger partial charge in [-0.05, 0) is 25.5 Å². The van der Waals surface area contributed by atoms with Gasteiger partial charge in [0, 0.05) is 0 Å². The number of furan rings is 1. The van der Waals surface area contributed by atoms with E-state index in [1.807, 2.05) is 19.1 Å². The maximum atomic E-state index is 8.74. The van der Waals surface area contributed by atoms with Gasteiger partial charge in [-0.2, -0.15) is 0 Å². The van der Waals surface area contributed by atoms with Crippen molar-refractivity contribution in [3.63, 3.8) is 0 Å². The van der Waals surface area contributed by atoms with E-state index in [1.165, 1.54) is 0 Å². The molecule has 1 heterocycles. The number of aliphatic hydroxyl groups excluding tert-OH is 1. The number of hydrogen-bond acceptors (Lipinski definition) is 3. The summed E-state index contributed by atoms with van der Waals surface area (Å²) >= 11 is 0. The SMILES string of the molecule is CCCCC(OCCO)c1ccc(C)o1. The monoisotopic (exact) mass is 212 g/mol. The van der Waals surface area contributed by atoms with E-state index in [0.717, 1.165) is 30.8 Å². The van der Waals surface area contributed by atoms with E-state index in [4.69, 9.17) is 14.3 Å². The van der Waals surface area contributed by atoms with Gasteiger partial charge in [-0.25, -0.2) is 0 Å². The Balaban J connectivity index is 2.54. The van der Waals surface area contributed by atoms with Crippen LogP contribution in [0.4, 0.5) is 0 Å². The second kappa shape index (κ2) is 6.64. The Kier molecular flexibility index (Phi) is 5.43. The molecule has 15 heavy (non-hydrogen) atoms. The molecule has 0 aliphatic carbocycles. The molecule has 0 bridgehead atoms. The van der Waals surface area contributed by atoms with Crippen LogP contribution < -0.4 is 0 Å². The molecule has 0 amide bonds. The topological polar surface area (TPSA) is 42.6 Å². The highest BCUT2D eigenvalue weighted by Gasteiger charge is 2.14. The third-order valence-corrected chi connectivity index (χ3v) is 2.31. The lowest BCUT2D eigenvalue weighted by Crippen LogP contribution is -2.07. The van der Waals surface area contributed by atoms with Gasteiger partial charge in [-0.3, -0.25) is 0 Å². The third kappa shape index (κ3) is 4.06. The highest BCUT2D eigenvalue weighted by molar-refractivity contribution is 5.08. The standard InChI is InChI=1S/C12H20O3/c1-3-4-5-11(14-9-8-13)12-7-6-10(2)15-12/h6-7,11,13H,3-5,8-9H2,1-2H3. The molecule has 0 saturated carbocycles. The molecule has 1 rings (SSSR count). The molecule has 0 fully saturated rings. The van der Waals surface area contributed by atoms with Crippen molar-refractivity contribution in [3.8, 4) is 0 Å². The minimum atomic E-state index is -0.00852. The van der Waals surface area contributed by atoms with Crippen LogP contribution in [0.25, 0.3) is 0 Å². The van der Waals surface area contributed by atoms with Gasteiger partial charge in [0.15, 0.2) is 0 Å². The maximum Gasteiger partial charge on any atom is 0.132 e. The molecule has 1 N–H and O–H groups in total. The number of hydrogen-bond donors (Lipinski definition) is 1.